The number of hydrogen-bond acceptors (Lipinski definition) is 6. The van der Waals surface area contributed by atoms with Crippen LogP contribution in [-0.2, 0) is 26.0 Å². The van der Waals surface area contributed by atoms with Gasteiger partial charge in [0.2, 0.25) is 11.8 Å². The van der Waals surface area contributed by atoms with Crippen LogP contribution in [0.25, 0.3) is 0 Å². The fraction of sp³-hybridized carbons (Fsp3) is 0.310. The molecule has 3 aromatic carbocycles. The molecule has 0 aliphatic heterocycles. The number of nitrogens with zero attached hydrogens (tertiary/aromatic N) is 3. The van der Waals surface area contributed by atoms with Crippen molar-refractivity contribution in [2.45, 2.75) is 38.1 Å². The molecule has 10 nitrogen and oxygen atoms in total. The Morgan fingerprint density at radius 1 is 0.925 bits per heavy atom. The van der Waals surface area contributed by atoms with E-state index in [1.54, 1.807) is 25.1 Å². The van der Waals surface area contributed by atoms with Crippen molar-refractivity contribution in [2.24, 2.45) is 5.92 Å². The minimum Gasteiger partial charge on any atom is -0.354 e. The van der Waals surface area contributed by atoms with Crippen molar-refractivity contribution in [3.8, 4) is 0 Å². The Hall–Kier alpha value is -4.25. The topological polar surface area (TPSA) is 130 Å². The van der Waals surface area contributed by atoms with Crippen molar-refractivity contribution in [3.63, 3.8) is 0 Å². The predicted octanol–water partition coefficient (Wildman–Crippen LogP) is 4.02. The molecule has 3 aromatic rings. The Kier molecular flexibility index (Phi) is 10.4. The van der Waals surface area contributed by atoms with Gasteiger partial charge in [-0.15, -0.1) is 0 Å². The number of carbonyl (C=O) groups is 2. The average molecular weight is 567 g/mol. The van der Waals surface area contributed by atoms with Crippen LogP contribution < -0.4 is 9.62 Å². The normalized spacial score (nSPS) is 12.0. The first-order valence-electron chi connectivity index (χ1n) is 12.9. The van der Waals surface area contributed by atoms with Crippen LogP contribution in [0.3, 0.4) is 0 Å². The second-order valence-corrected chi connectivity index (χ2v) is 11.6. The van der Waals surface area contributed by atoms with Crippen LogP contribution in [0.1, 0.15) is 26.3 Å². The summed E-state index contributed by atoms with van der Waals surface area (Å²) in [5.74, 6) is -0.776. The van der Waals surface area contributed by atoms with E-state index in [4.69, 9.17) is 0 Å². The lowest BCUT2D eigenvalue weighted by molar-refractivity contribution is -0.384. The van der Waals surface area contributed by atoms with E-state index >= 15 is 0 Å². The SMILES string of the molecule is CC(C)CNC(=O)[C@H](C)N(CCc1ccccc1)C(=O)CN(c1cccc([N+](=O)[O-])c1)S(=O)(=O)c1ccccc1. The summed E-state index contributed by atoms with van der Waals surface area (Å²) < 4.78 is 28.3. The predicted molar refractivity (Wildman–Crippen MR) is 153 cm³/mol. The van der Waals surface area contributed by atoms with Gasteiger partial charge in [-0.05, 0) is 43.0 Å². The van der Waals surface area contributed by atoms with Gasteiger partial charge in [0.05, 0.1) is 15.5 Å². The number of nitrogens with one attached hydrogen (secondary N) is 1. The molecule has 212 valence electrons. The molecule has 0 aromatic heterocycles. The van der Waals surface area contributed by atoms with Gasteiger partial charge in [0.1, 0.15) is 12.6 Å². The molecule has 0 aliphatic carbocycles. The minimum absolute atomic E-state index is 0.0358. The Morgan fingerprint density at radius 3 is 2.15 bits per heavy atom. The lowest BCUT2D eigenvalue weighted by Crippen LogP contribution is -2.52. The van der Waals surface area contributed by atoms with Gasteiger partial charge >= 0.3 is 0 Å². The molecule has 0 saturated carbocycles. The van der Waals surface area contributed by atoms with Crippen LogP contribution in [0.4, 0.5) is 11.4 Å². The van der Waals surface area contributed by atoms with Gasteiger partial charge < -0.3 is 10.2 Å². The standard InChI is InChI=1S/C29H34N4O6S/c1-22(2)20-30-29(35)23(3)31(18-17-24-11-6-4-7-12-24)28(34)21-32(25-13-10-14-26(19-25)33(36)37)40(38,39)27-15-8-5-9-16-27/h4-16,19,22-23H,17-18,20-21H2,1-3H3,(H,30,35)/t23-/m0/s1. The summed E-state index contributed by atoms with van der Waals surface area (Å²) in [6.45, 7) is 5.43. The van der Waals surface area contributed by atoms with Crippen LogP contribution in [-0.4, -0.2) is 55.7 Å². The molecule has 0 radical (unpaired) electrons. The molecule has 0 saturated heterocycles. The number of hydrogen-bond donors (Lipinski definition) is 1. The summed E-state index contributed by atoms with van der Waals surface area (Å²) in [7, 11) is -4.30. The van der Waals surface area contributed by atoms with Crippen LogP contribution in [0.5, 0.6) is 0 Å². The molecule has 0 bridgehead atoms. The summed E-state index contributed by atoms with van der Waals surface area (Å²) in [6, 6.07) is 21.2. The third-order valence-electron chi connectivity index (χ3n) is 6.27. The van der Waals surface area contributed by atoms with E-state index in [-0.39, 0.29) is 34.6 Å². The van der Waals surface area contributed by atoms with Gasteiger partial charge in [0.25, 0.3) is 15.7 Å². The number of nitro benzene ring substituents is 1. The highest BCUT2D eigenvalue weighted by atomic mass is 32.2. The Balaban J connectivity index is 1.99. The maximum Gasteiger partial charge on any atom is 0.271 e. The maximum atomic E-state index is 13.8. The third kappa shape index (κ3) is 7.89. The first kappa shape index (κ1) is 30.3. The number of rotatable bonds is 13. The van der Waals surface area contributed by atoms with Gasteiger partial charge in [0, 0.05) is 25.2 Å². The van der Waals surface area contributed by atoms with E-state index in [2.05, 4.69) is 5.32 Å². The van der Waals surface area contributed by atoms with E-state index in [0.29, 0.717) is 13.0 Å². The van der Waals surface area contributed by atoms with Gasteiger partial charge in [-0.25, -0.2) is 8.42 Å². The highest BCUT2D eigenvalue weighted by Crippen LogP contribution is 2.27. The number of nitro groups is 1. The van der Waals surface area contributed by atoms with Crippen LogP contribution in [0.2, 0.25) is 0 Å². The Labute approximate surface area is 234 Å². The molecular formula is C29H34N4O6S. The van der Waals surface area contributed by atoms with E-state index in [0.717, 1.165) is 15.9 Å². The molecule has 0 unspecified atom stereocenters. The highest BCUT2D eigenvalue weighted by Gasteiger charge is 2.32. The number of benzene rings is 3. The third-order valence-corrected chi connectivity index (χ3v) is 8.06. The molecule has 1 N–H and O–H groups in total. The van der Waals surface area contributed by atoms with Gasteiger partial charge in [-0.3, -0.25) is 24.0 Å². The first-order chi connectivity index (χ1) is 19.0. The van der Waals surface area contributed by atoms with Gasteiger partial charge in [0.15, 0.2) is 0 Å². The molecule has 1 atom stereocenters. The second kappa shape index (κ2) is 13.7. The van der Waals surface area contributed by atoms with Crippen LogP contribution >= 0.6 is 0 Å². The molecule has 0 fully saturated rings. The number of non-ortho nitro benzene ring substituents is 1. The Morgan fingerprint density at radius 2 is 1.55 bits per heavy atom. The van der Waals surface area contributed by atoms with Crippen molar-refractivity contribution in [1.29, 1.82) is 0 Å². The molecule has 2 amide bonds. The smallest absolute Gasteiger partial charge is 0.271 e. The van der Waals surface area contributed by atoms with Crippen LogP contribution in [0.15, 0.2) is 89.8 Å². The Bertz CT molecular complexity index is 1410. The molecule has 3 rings (SSSR count). The van der Waals surface area contributed by atoms with Crippen molar-refractivity contribution >= 4 is 33.2 Å². The number of anilines is 1. The highest BCUT2D eigenvalue weighted by molar-refractivity contribution is 7.92. The van der Waals surface area contributed by atoms with Gasteiger partial charge in [-0.1, -0.05) is 68.4 Å². The van der Waals surface area contributed by atoms with E-state index in [1.165, 1.54) is 35.2 Å². The molecule has 40 heavy (non-hydrogen) atoms. The molecule has 0 spiro atoms. The monoisotopic (exact) mass is 566 g/mol. The van der Waals surface area contributed by atoms with E-state index < -0.39 is 33.4 Å². The maximum absolute atomic E-state index is 13.8. The second-order valence-electron chi connectivity index (χ2n) is 9.74. The van der Waals surface area contributed by atoms with Crippen molar-refractivity contribution in [2.75, 3.05) is 23.9 Å². The number of sulfonamides is 1. The largest absolute Gasteiger partial charge is 0.354 e. The van der Waals surface area contributed by atoms with E-state index in [1.807, 2.05) is 44.2 Å². The fourth-order valence-corrected chi connectivity index (χ4v) is 5.46. The number of carbonyl (C=O) groups excluding carboxylic acids is 2. The average Bonchev–Trinajstić information content (AvgIpc) is 2.95. The van der Waals surface area contributed by atoms with E-state index in [9.17, 15) is 28.1 Å². The summed E-state index contributed by atoms with van der Waals surface area (Å²) in [5.41, 5.74) is 0.592. The van der Waals surface area contributed by atoms with Crippen LogP contribution in [0, 0.1) is 16.0 Å². The van der Waals surface area contributed by atoms with Crippen molar-refractivity contribution < 1.29 is 22.9 Å². The summed E-state index contributed by atoms with van der Waals surface area (Å²) in [5, 5.41) is 14.3. The minimum atomic E-state index is -4.30. The van der Waals surface area contributed by atoms with Crippen molar-refractivity contribution in [3.05, 3.63) is 101 Å². The quantitative estimate of drug-likeness (QED) is 0.246. The zero-order valence-corrected chi connectivity index (χ0v) is 23.6. The molecule has 0 aliphatic rings. The molecule has 0 heterocycles. The summed E-state index contributed by atoms with van der Waals surface area (Å²) in [4.78, 5) is 38.9. The van der Waals surface area contributed by atoms with Crippen molar-refractivity contribution in [1.82, 2.24) is 10.2 Å². The van der Waals surface area contributed by atoms with Gasteiger partial charge in [-0.2, -0.15) is 0 Å². The zero-order chi connectivity index (χ0) is 29.3. The lowest BCUT2D eigenvalue weighted by Gasteiger charge is -2.32. The summed E-state index contributed by atoms with van der Waals surface area (Å²) >= 11 is 0. The fourth-order valence-electron chi connectivity index (χ4n) is 4.03. The first-order valence-corrected chi connectivity index (χ1v) is 14.4. The lowest BCUT2D eigenvalue weighted by atomic mass is 10.1. The molecular weight excluding hydrogens is 532 g/mol. The summed E-state index contributed by atoms with van der Waals surface area (Å²) in [6.07, 6.45) is 0.441. The number of amides is 2. The molecule has 11 heteroatoms. The zero-order valence-electron chi connectivity index (χ0n) is 22.8.